The van der Waals surface area contributed by atoms with E-state index in [0.29, 0.717) is 12.0 Å². The van der Waals surface area contributed by atoms with Crippen LogP contribution in [0.4, 0.5) is 5.69 Å². The van der Waals surface area contributed by atoms with Gasteiger partial charge in [0.15, 0.2) is 5.96 Å². The zero-order chi connectivity index (χ0) is 13.7. The van der Waals surface area contributed by atoms with E-state index in [2.05, 4.69) is 16.8 Å². The molecule has 0 radical (unpaired) electrons. The van der Waals surface area contributed by atoms with Gasteiger partial charge in [-0.15, -0.1) is 0 Å². The lowest BCUT2D eigenvalue weighted by Crippen LogP contribution is -2.41. The van der Waals surface area contributed by atoms with Crippen LogP contribution in [0.15, 0.2) is 29.3 Å². The van der Waals surface area contributed by atoms with E-state index in [1.54, 1.807) is 7.11 Å². The molecule has 1 aliphatic rings. The molecule has 1 unspecified atom stereocenters. The number of anilines is 1. The minimum atomic E-state index is 0.364. The maximum Gasteiger partial charge on any atom is 0.196 e. The number of unbranched alkanes of at least 4 members (excludes halogenated alkanes) is 2. The Morgan fingerprint density at radius 1 is 1.37 bits per heavy atom. The van der Waals surface area contributed by atoms with Crippen molar-refractivity contribution in [3.63, 3.8) is 0 Å². The molecule has 1 aliphatic heterocycles. The molecule has 0 aliphatic carbocycles. The molecule has 2 rings (SSSR count). The van der Waals surface area contributed by atoms with Crippen molar-refractivity contribution >= 4 is 11.6 Å². The van der Waals surface area contributed by atoms with Crippen molar-refractivity contribution in [2.75, 3.05) is 18.6 Å². The summed E-state index contributed by atoms with van der Waals surface area (Å²) in [5.41, 5.74) is 7.07. The van der Waals surface area contributed by atoms with Gasteiger partial charge < -0.3 is 15.4 Å². The Bertz CT molecular complexity index is 445. The van der Waals surface area contributed by atoms with Crippen LogP contribution >= 0.6 is 0 Å². The second-order valence-electron chi connectivity index (χ2n) is 4.89. The average Bonchev–Trinajstić information content (AvgIpc) is 2.80. The summed E-state index contributed by atoms with van der Waals surface area (Å²) in [6.07, 6.45) is 4.83. The van der Waals surface area contributed by atoms with Crippen LogP contribution in [0.1, 0.15) is 32.6 Å². The zero-order valence-corrected chi connectivity index (χ0v) is 11.8. The normalized spacial score (nSPS) is 18.5. The van der Waals surface area contributed by atoms with Crippen LogP contribution in [-0.4, -0.2) is 25.7 Å². The van der Waals surface area contributed by atoms with E-state index in [-0.39, 0.29) is 0 Å². The van der Waals surface area contributed by atoms with E-state index in [1.807, 2.05) is 24.3 Å². The summed E-state index contributed by atoms with van der Waals surface area (Å²) in [6, 6.07) is 8.34. The number of nitrogens with zero attached hydrogens (tertiary/aromatic N) is 2. The highest BCUT2D eigenvalue weighted by atomic mass is 16.5. The predicted octanol–water partition coefficient (Wildman–Crippen LogP) is 2.78. The van der Waals surface area contributed by atoms with Gasteiger partial charge in [0.2, 0.25) is 0 Å². The minimum Gasteiger partial charge on any atom is -0.495 e. The highest BCUT2D eigenvalue weighted by molar-refractivity contribution is 5.98. The lowest BCUT2D eigenvalue weighted by Gasteiger charge is -2.27. The summed E-state index contributed by atoms with van der Waals surface area (Å²) in [4.78, 5) is 6.51. The lowest BCUT2D eigenvalue weighted by molar-refractivity contribution is 0.414. The van der Waals surface area contributed by atoms with Crippen molar-refractivity contribution in [3.05, 3.63) is 24.3 Å². The monoisotopic (exact) mass is 261 g/mol. The Hall–Kier alpha value is -1.71. The molecule has 19 heavy (non-hydrogen) atoms. The van der Waals surface area contributed by atoms with Crippen LogP contribution < -0.4 is 15.4 Å². The van der Waals surface area contributed by atoms with Crippen LogP contribution in [0.5, 0.6) is 5.75 Å². The molecular weight excluding hydrogens is 238 g/mol. The minimum absolute atomic E-state index is 0.364. The first kappa shape index (κ1) is 13.7. The molecule has 0 saturated carbocycles. The second kappa shape index (κ2) is 6.45. The highest BCUT2D eigenvalue weighted by Crippen LogP contribution is 2.32. The molecule has 1 aromatic carbocycles. The lowest BCUT2D eigenvalue weighted by atomic mass is 10.1. The van der Waals surface area contributed by atoms with Gasteiger partial charge in [-0.05, 0) is 18.6 Å². The van der Waals surface area contributed by atoms with E-state index in [0.717, 1.165) is 24.4 Å². The summed E-state index contributed by atoms with van der Waals surface area (Å²) in [5.74, 6) is 1.45. The van der Waals surface area contributed by atoms with Crippen molar-refractivity contribution in [2.45, 2.75) is 38.6 Å². The summed E-state index contributed by atoms with van der Waals surface area (Å²) < 4.78 is 5.43. The van der Waals surface area contributed by atoms with Crippen molar-refractivity contribution in [1.82, 2.24) is 0 Å². The van der Waals surface area contributed by atoms with Crippen LogP contribution in [0.2, 0.25) is 0 Å². The van der Waals surface area contributed by atoms with Gasteiger partial charge in [0, 0.05) is 0 Å². The number of para-hydroxylation sites is 2. The van der Waals surface area contributed by atoms with Crippen molar-refractivity contribution in [1.29, 1.82) is 0 Å². The molecule has 4 heteroatoms. The molecule has 0 fully saturated rings. The van der Waals surface area contributed by atoms with Gasteiger partial charge in [-0.2, -0.15) is 0 Å². The number of benzene rings is 1. The van der Waals surface area contributed by atoms with E-state index in [9.17, 15) is 0 Å². The van der Waals surface area contributed by atoms with Crippen LogP contribution in [-0.2, 0) is 0 Å². The number of hydrogen-bond donors (Lipinski definition) is 1. The van der Waals surface area contributed by atoms with Gasteiger partial charge in [0.25, 0.3) is 0 Å². The van der Waals surface area contributed by atoms with Crippen molar-refractivity contribution in [2.24, 2.45) is 10.7 Å². The van der Waals surface area contributed by atoms with Crippen LogP contribution in [0, 0.1) is 0 Å². The smallest absolute Gasteiger partial charge is 0.196 e. The SMILES string of the molecule is CCCCCC1CN=C(N)N1c1ccccc1OC. The molecule has 1 aromatic rings. The maximum absolute atomic E-state index is 6.05. The number of rotatable bonds is 6. The van der Waals surface area contributed by atoms with Crippen LogP contribution in [0.25, 0.3) is 0 Å². The van der Waals surface area contributed by atoms with Crippen LogP contribution in [0.3, 0.4) is 0 Å². The molecule has 1 heterocycles. The Labute approximate surface area is 115 Å². The molecular formula is C15H23N3O. The maximum atomic E-state index is 6.05. The Morgan fingerprint density at radius 2 is 2.16 bits per heavy atom. The Kier molecular flexibility index (Phi) is 4.66. The fraction of sp³-hybridized carbons (Fsp3) is 0.533. The number of nitrogens with two attached hydrogens (primary N) is 1. The number of hydrogen-bond acceptors (Lipinski definition) is 4. The number of methoxy groups -OCH3 is 1. The molecule has 0 bridgehead atoms. The standard InChI is InChI=1S/C15H23N3O/c1-3-4-5-8-12-11-17-15(16)18(12)13-9-6-7-10-14(13)19-2/h6-7,9-10,12H,3-5,8,11H2,1-2H3,(H2,16,17). The Morgan fingerprint density at radius 3 is 2.89 bits per heavy atom. The van der Waals surface area contributed by atoms with Gasteiger partial charge >= 0.3 is 0 Å². The molecule has 2 N–H and O–H groups in total. The first-order chi connectivity index (χ1) is 9.27. The van der Waals surface area contributed by atoms with Gasteiger partial charge in [0.05, 0.1) is 25.4 Å². The molecule has 0 amide bonds. The summed E-state index contributed by atoms with van der Waals surface area (Å²) in [7, 11) is 1.69. The first-order valence-corrected chi connectivity index (χ1v) is 7.00. The number of guanidine groups is 1. The molecule has 0 saturated heterocycles. The van der Waals surface area contributed by atoms with Gasteiger partial charge in [0.1, 0.15) is 5.75 Å². The predicted molar refractivity (Wildman–Crippen MR) is 79.9 cm³/mol. The third kappa shape index (κ3) is 3.00. The van der Waals surface area contributed by atoms with Gasteiger partial charge in [-0.3, -0.25) is 4.99 Å². The quantitative estimate of drug-likeness (QED) is 0.801. The van der Waals surface area contributed by atoms with Crippen molar-refractivity contribution < 1.29 is 4.74 Å². The summed E-state index contributed by atoms with van der Waals surface area (Å²) in [5, 5.41) is 0. The zero-order valence-electron chi connectivity index (χ0n) is 11.8. The largest absolute Gasteiger partial charge is 0.495 e. The van der Waals surface area contributed by atoms with E-state index < -0.39 is 0 Å². The number of ether oxygens (including phenoxy) is 1. The molecule has 4 nitrogen and oxygen atoms in total. The molecule has 0 aromatic heterocycles. The molecule has 0 spiro atoms. The molecule has 1 atom stereocenters. The Balaban J connectivity index is 2.16. The van der Waals surface area contributed by atoms with E-state index >= 15 is 0 Å². The third-order valence-corrected chi connectivity index (χ3v) is 3.56. The fourth-order valence-corrected chi connectivity index (χ4v) is 2.54. The number of aliphatic imine (C=N–C) groups is 1. The molecule has 104 valence electrons. The summed E-state index contributed by atoms with van der Waals surface area (Å²) in [6.45, 7) is 3.01. The van der Waals surface area contributed by atoms with Crippen molar-refractivity contribution in [3.8, 4) is 5.75 Å². The van der Waals surface area contributed by atoms with E-state index in [1.165, 1.54) is 19.3 Å². The fourth-order valence-electron chi connectivity index (χ4n) is 2.54. The second-order valence-corrected chi connectivity index (χ2v) is 4.89. The topological polar surface area (TPSA) is 50.8 Å². The summed E-state index contributed by atoms with van der Waals surface area (Å²) >= 11 is 0. The van der Waals surface area contributed by atoms with E-state index in [4.69, 9.17) is 10.5 Å². The average molecular weight is 261 g/mol. The van der Waals surface area contributed by atoms with Gasteiger partial charge in [-0.25, -0.2) is 0 Å². The first-order valence-electron chi connectivity index (χ1n) is 7.00. The third-order valence-electron chi connectivity index (χ3n) is 3.56. The van der Waals surface area contributed by atoms with Gasteiger partial charge in [-0.1, -0.05) is 38.3 Å². The highest BCUT2D eigenvalue weighted by Gasteiger charge is 2.28.